The minimum Gasteiger partial charge on any atom is -0.462 e. The Labute approximate surface area is 172 Å². The molecule has 0 amide bonds. The van der Waals surface area contributed by atoms with E-state index in [0.717, 1.165) is 12.8 Å². The number of benzene rings is 1. The predicted molar refractivity (Wildman–Crippen MR) is 116 cm³/mol. The lowest BCUT2D eigenvalue weighted by Crippen LogP contribution is -2.06. The first-order chi connectivity index (χ1) is 13.8. The van der Waals surface area contributed by atoms with Gasteiger partial charge in [0.15, 0.2) is 0 Å². The monoisotopic (exact) mass is 388 g/mol. The normalized spacial score (nSPS) is 18.2. The minimum atomic E-state index is -0.206. The summed E-state index contributed by atoms with van der Waals surface area (Å²) in [6.45, 7) is 2.80. The van der Waals surface area contributed by atoms with Gasteiger partial charge < -0.3 is 9.47 Å². The van der Waals surface area contributed by atoms with E-state index in [2.05, 4.69) is 6.92 Å². The summed E-state index contributed by atoms with van der Waals surface area (Å²) >= 11 is 0. The second-order valence-electron chi connectivity index (χ2n) is 8.18. The van der Waals surface area contributed by atoms with Crippen LogP contribution in [0.4, 0.5) is 0 Å². The third-order valence-corrected chi connectivity index (χ3v) is 5.66. The van der Waals surface area contributed by atoms with Crippen LogP contribution in [0.5, 0.6) is 0 Å². The minimum absolute atomic E-state index is 0.206. The summed E-state index contributed by atoms with van der Waals surface area (Å²) in [5, 5.41) is 0. The largest absolute Gasteiger partial charge is 0.462 e. The van der Waals surface area contributed by atoms with Gasteiger partial charge in [-0.2, -0.15) is 0 Å². The number of epoxide rings is 1. The molecule has 2 atom stereocenters. The second kappa shape index (κ2) is 14.6. The van der Waals surface area contributed by atoms with Crippen LogP contribution in [0, 0.1) is 0 Å². The average molecular weight is 389 g/mol. The second-order valence-corrected chi connectivity index (χ2v) is 8.18. The molecule has 2 rings (SSSR count). The van der Waals surface area contributed by atoms with E-state index < -0.39 is 0 Å². The van der Waals surface area contributed by atoms with Crippen LogP contribution in [-0.2, 0) is 9.47 Å². The fourth-order valence-corrected chi connectivity index (χ4v) is 3.79. The lowest BCUT2D eigenvalue weighted by atomic mass is 10.0. The molecule has 158 valence electrons. The van der Waals surface area contributed by atoms with Gasteiger partial charge in [-0.25, -0.2) is 4.79 Å². The van der Waals surface area contributed by atoms with Gasteiger partial charge in [0.25, 0.3) is 0 Å². The molecular formula is C25H40O3. The molecule has 1 heterocycles. The van der Waals surface area contributed by atoms with E-state index in [-0.39, 0.29) is 5.97 Å². The molecule has 1 aromatic rings. The van der Waals surface area contributed by atoms with Gasteiger partial charge in [-0.05, 0) is 31.4 Å². The van der Waals surface area contributed by atoms with Crippen molar-refractivity contribution < 1.29 is 14.3 Å². The first kappa shape index (κ1) is 22.9. The van der Waals surface area contributed by atoms with Crippen molar-refractivity contribution >= 4 is 5.97 Å². The first-order valence-corrected chi connectivity index (χ1v) is 11.7. The van der Waals surface area contributed by atoms with Crippen LogP contribution in [0.25, 0.3) is 0 Å². The highest BCUT2D eigenvalue weighted by atomic mass is 16.6. The van der Waals surface area contributed by atoms with Crippen LogP contribution in [0.15, 0.2) is 30.3 Å². The number of esters is 1. The zero-order chi connectivity index (χ0) is 19.9. The fourth-order valence-electron chi connectivity index (χ4n) is 3.79. The summed E-state index contributed by atoms with van der Waals surface area (Å²) in [5.41, 5.74) is 0.640. The third kappa shape index (κ3) is 10.3. The van der Waals surface area contributed by atoms with Crippen LogP contribution in [0.2, 0.25) is 0 Å². The summed E-state index contributed by atoms with van der Waals surface area (Å²) < 4.78 is 11.1. The van der Waals surface area contributed by atoms with E-state index in [1.54, 1.807) is 12.1 Å². The van der Waals surface area contributed by atoms with Crippen molar-refractivity contribution in [3.8, 4) is 0 Å². The highest BCUT2D eigenvalue weighted by Crippen LogP contribution is 2.31. The van der Waals surface area contributed by atoms with Gasteiger partial charge in [0.1, 0.15) is 0 Å². The van der Waals surface area contributed by atoms with Crippen molar-refractivity contribution in [1.29, 1.82) is 0 Å². The Kier molecular flexibility index (Phi) is 12.0. The number of carbonyl (C=O) groups is 1. The van der Waals surface area contributed by atoms with E-state index in [4.69, 9.17) is 9.47 Å². The van der Waals surface area contributed by atoms with Gasteiger partial charge in [-0.3, -0.25) is 0 Å². The van der Waals surface area contributed by atoms with Gasteiger partial charge >= 0.3 is 5.97 Å². The summed E-state index contributed by atoms with van der Waals surface area (Å²) in [5.74, 6) is -0.206. The molecule has 1 aliphatic rings. The molecule has 28 heavy (non-hydrogen) atoms. The molecule has 0 bridgehead atoms. The van der Waals surface area contributed by atoms with Crippen LogP contribution in [-0.4, -0.2) is 24.8 Å². The van der Waals surface area contributed by atoms with Gasteiger partial charge in [0, 0.05) is 0 Å². The SMILES string of the molecule is CCCCCCCC1OC1CCCCCCCCCOC(=O)c1ccccc1. The van der Waals surface area contributed by atoms with Crippen molar-refractivity contribution in [2.24, 2.45) is 0 Å². The number of hydrogen-bond acceptors (Lipinski definition) is 3. The molecule has 1 aliphatic heterocycles. The van der Waals surface area contributed by atoms with Gasteiger partial charge in [0.05, 0.1) is 24.4 Å². The molecule has 0 N–H and O–H groups in total. The zero-order valence-electron chi connectivity index (χ0n) is 17.9. The molecule has 2 unspecified atom stereocenters. The van der Waals surface area contributed by atoms with Crippen LogP contribution in [0.3, 0.4) is 0 Å². The molecule has 1 aromatic carbocycles. The molecule has 0 spiro atoms. The summed E-state index contributed by atoms with van der Waals surface area (Å²) in [7, 11) is 0. The third-order valence-electron chi connectivity index (χ3n) is 5.66. The molecule has 3 heteroatoms. The van der Waals surface area contributed by atoms with Crippen LogP contribution < -0.4 is 0 Å². The molecule has 1 saturated heterocycles. The quantitative estimate of drug-likeness (QED) is 0.162. The Morgan fingerprint density at radius 2 is 1.32 bits per heavy atom. The first-order valence-electron chi connectivity index (χ1n) is 11.7. The van der Waals surface area contributed by atoms with Crippen molar-refractivity contribution in [2.45, 2.75) is 109 Å². The molecule has 0 radical (unpaired) electrons. The van der Waals surface area contributed by atoms with E-state index in [0.29, 0.717) is 24.4 Å². The molecule has 1 fully saturated rings. The Bertz CT molecular complexity index is 514. The fraction of sp³-hybridized carbons (Fsp3) is 0.720. The Balaban J connectivity index is 1.30. The van der Waals surface area contributed by atoms with E-state index in [1.165, 1.54) is 77.0 Å². The van der Waals surface area contributed by atoms with Gasteiger partial charge in [-0.1, -0.05) is 95.8 Å². The van der Waals surface area contributed by atoms with Crippen molar-refractivity contribution in [1.82, 2.24) is 0 Å². The highest BCUT2D eigenvalue weighted by Gasteiger charge is 2.36. The van der Waals surface area contributed by atoms with Crippen molar-refractivity contribution in [2.75, 3.05) is 6.61 Å². The summed E-state index contributed by atoms with van der Waals surface area (Å²) in [6.07, 6.45) is 19.1. The van der Waals surface area contributed by atoms with Gasteiger partial charge in [-0.15, -0.1) is 0 Å². The van der Waals surface area contributed by atoms with Crippen molar-refractivity contribution in [3.63, 3.8) is 0 Å². The highest BCUT2D eigenvalue weighted by molar-refractivity contribution is 5.89. The smallest absolute Gasteiger partial charge is 0.338 e. The maximum Gasteiger partial charge on any atom is 0.338 e. The maximum absolute atomic E-state index is 11.8. The number of rotatable bonds is 17. The summed E-state index contributed by atoms with van der Waals surface area (Å²) in [4.78, 5) is 11.8. The zero-order valence-corrected chi connectivity index (χ0v) is 17.9. The standard InChI is InChI=1S/C25H40O3/c1-2-3-4-8-14-19-23-24(28-23)20-15-9-6-5-7-10-16-21-27-25(26)22-17-12-11-13-18-22/h11-13,17-18,23-24H,2-10,14-16,19-21H2,1H3. The number of unbranched alkanes of at least 4 members (excludes halogenated alkanes) is 10. The number of ether oxygens (including phenoxy) is 2. The van der Waals surface area contributed by atoms with Crippen LogP contribution in [0.1, 0.15) is 107 Å². The molecule has 3 nitrogen and oxygen atoms in total. The average Bonchev–Trinajstić information content (AvgIpc) is 3.48. The Morgan fingerprint density at radius 1 is 0.786 bits per heavy atom. The van der Waals surface area contributed by atoms with Crippen LogP contribution >= 0.6 is 0 Å². The van der Waals surface area contributed by atoms with Gasteiger partial charge in [0.2, 0.25) is 0 Å². The van der Waals surface area contributed by atoms with E-state index in [1.807, 2.05) is 18.2 Å². The van der Waals surface area contributed by atoms with E-state index in [9.17, 15) is 4.79 Å². The molecule has 0 aromatic heterocycles. The Morgan fingerprint density at radius 3 is 1.93 bits per heavy atom. The number of hydrogen-bond donors (Lipinski definition) is 0. The van der Waals surface area contributed by atoms with Crippen molar-refractivity contribution in [3.05, 3.63) is 35.9 Å². The maximum atomic E-state index is 11.8. The Hall–Kier alpha value is -1.35. The molecular weight excluding hydrogens is 348 g/mol. The molecule has 0 saturated carbocycles. The lowest BCUT2D eigenvalue weighted by molar-refractivity contribution is 0.0497. The molecule has 0 aliphatic carbocycles. The lowest BCUT2D eigenvalue weighted by Gasteiger charge is -2.05. The topological polar surface area (TPSA) is 38.8 Å². The van der Waals surface area contributed by atoms with E-state index >= 15 is 0 Å². The number of carbonyl (C=O) groups excluding carboxylic acids is 1. The summed E-state index contributed by atoms with van der Waals surface area (Å²) in [6, 6.07) is 9.22. The predicted octanol–water partition coefficient (Wildman–Crippen LogP) is 7.09.